The van der Waals surface area contributed by atoms with Gasteiger partial charge >= 0.3 is 0 Å². The van der Waals surface area contributed by atoms with Crippen LogP contribution >= 0.6 is 38.5 Å². The largest absolute Gasteiger partial charge is 0.493 e. The van der Waals surface area contributed by atoms with Crippen molar-refractivity contribution in [1.82, 2.24) is 9.66 Å². The Kier molecular flexibility index (Phi) is 6.52. The Morgan fingerprint density at radius 2 is 2.14 bits per heavy atom. The van der Waals surface area contributed by atoms with E-state index in [1.54, 1.807) is 31.2 Å². The fourth-order valence-electron chi connectivity index (χ4n) is 2.62. The third-order valence-electron chi connectivity index (χ3n) is 3.90. The van der Waals surface area contributed by atoms with Gasteiger partial charge in [0.25, 0.3) is 11.5 Å². The van der Waals surface area contributed by atoms with E-state index in [1.165, 1.54) is 18.0 Å². The summed E-state index contributed by atoms with van der Waals surface area (Å²) >= 11 is 5.43. The molecule has 0 unspecified atom stereocenters. The minimum absolute atomic E-state index is 0.257. The Morgan fingerprint density at radius 1 is 1.38 bits per heavy atom. The number of primary amides is 1. The van der Waals surface area contributed by atoms with E-state index < -0.39 is 5.91 Å². The zero-order valence-corrected chi connectivity index (χ0v) is 19.2. The van der Waals surface area contributed by atoms with E-state index in [-0.39, 0.29) is 12.2 Å². The van der Waals surface area contributed by atoms with Gasteiger partial charge in [-0.25, -0.2) is 4.98 Å². The summed E-state index contributed by atoms with van der Waals surface area (Å²) < 4.78 is 13.5. The van der Waals surface area contributed by atoms with Crippen molar-refractivity contribution in [1.29, 1.82) is 0 Å². The van der Waals surface area contributed by atoms with E-state index in [1.807, 2.05) is 6.07 Å². The van der Waals surface area contributed by atoms with Crippen molar-refractivity contribution < 1.29 is 14.3 Å². The summed E-state index contributed by atoms with van der Waals surface area (Å²) in [6.07, 6.45) is 1.53. The lowest BCUT2D eigenvalue weighted by Crippen LogP contribution is -2.21. The van der Waals surface area contributed by atoms with Crippen molar-refractivity contribution in [3.05, 3.63) is 60.1 Å². The average molecular weight is 571 g/mol. The van der Waals surface area contributed by atoms with Crippen LogP contribution in [-0.2, 0) is 4.79 Å². The Hall–Kier alpha value is -2.47. The van der Waals surface area contributed by atoms with Gasteiger partial charge in [-0.1, -0.05) is 15.9 Å². The Labute approximate surface area is 188 Å². The van der Waals surface area contributed by atoms with Gasteiger partial charge in [-0.15, -0.1) is 0 Å². The molecule has 0 saturated heterocycles. The molecule has 0 atom stereocenters. The molecule has 0 fully saturated rings. The second-order valence-electron chi connectivity index (χ2n) is 5.97. The highest BCUT2D eigenvalue weighted by Gasteiger charge is 2.13. The number of halogens is 2. The molecular formula is C19H16BrIN4O4. The first-order valence-corrected chi connectivity index (χ1v) is 10.2. The third-order valence-corrected chi connectivity index (χ3v) is 5.20. The number of aryl methyl sites for hydroxylation is 1. The molecule has 1 amide bonds. The molecule has 2 aromatic carbocycles. The molecule has 0 spiro atoms. The number of methoxy groups -OCH3 is 1. The van der Waals surface area contributed by atoms with E-state index in [4.69, 9.17) is 15.2 Å². The van der Waals surface area contributed by atoms with E-state index in [0.29, 0.717) is 37.4 Å². The van der Waals surface area contributed by atoms with Crippen LogP contribution in [0.25, 0.3) is 10.9 Å². The molecule has 29 heavy (non-hydrogen) atoms. The number of aromatic nitrogens is 2. The van der Waals surface area contributed by atoms with Crippen LogP contribution in [0.5, 0.6) is 11.5 Å². The van der Waals surface area contributed by atoms with Gasteiger partial charge in [-0.2, -0.15) is 9.78 Å². The summed E-state index contributed by atoms with van der Waals surface area (Å²) in [6, 6.07) is 8.80. The second kappa shape index (κ2) is 8.91. The quantitative estimate of drug-likeness (QED) is 0.362. The van der Waals surface area contributed by atoms with Gasteiger partial charge in [-0.3, -0.25) is 9.59 Å². The summed E-state index contributed by atoms with van der Waals surface area (Å²) in [5.74, 6) is 0.710. The number of hydrogen-bond acceptors (Lipinski definition) is 6. The predicted octanol–water partition coefficient (Wildman–Crippen LogP) is 2.83. The SMILES string of the molecule is COc1cc(C=Nn2c(C)nc3ccc(Br)cc3c2=O)cc(I)c1OCC(N)=O. The molecule has 1 heterocycles. The van der Waals surface area contributed by atoms with Crippen LogP contribution in [0.2, 0.25) is 0 Å². The van der Waals surface area contributed by atoms with Crippen LogP contribution < -0.4 is 20.8 Å². The third kappa shape index (κ3) is 4.75. The van der Waals surface area contributed by atoms with Crippen molar-refractivity contribution in [3.8, 4) is 11.5 Å². The van der Waals surface area contributed by atoms with E-state index >= 15 is 0 Å². The van der Waals surface area contributed by atoms with Crippen molar-refractivity contribution in [2.75, 3.05) is 13.7 Å². The number of nitrogens with zero attached hydrogens (tertiary/aromatic N) is 3. The van der Waals surface area contributed by atoms with Gasteiger partial charge in [0.15, 0.2) is 18.1 Å². The second-order valence-corrected chi connectivity index (χ2v) is 8.05. The number of fused-ring (bicyclic) bond motifs is 1. The summed E-state index contributed by atoms with van der Waals surface area (Å²) in [5, 5.41) is 4.77. The number of benzene rings is 2. The van der Waals surface area contributed by atoms with Crippen molar-refractivity contribution in [2.24, 2.45) is 10.8 Å². The molecule has 0 radical (unpaired) electrons. The average Bonchev–Trinajstić information content (AvgIpc) is 2.67. The number of amides is 1. The highest BCUT2D eigenvalue weighted by molar-refractivity contribution is 14.1. The lowest BCUT2D eigenvalue weighted by molar-refractivity contribution is -0.119. The molecule has 8 nitrogen and oxygen atoms in total. The number of carbonyl (C=O) groups excluding carboxylic acids is 1. The number of nitrogens with two attached hydrogens (primary N) is 1. The summed E-state index contributed by atoms with van der Waals surface area (Å²) in [5.41, 5.74) is 6.15. The lowest BCUT2D eigenvalue weighted by Gasteiger charge is -2.12. The van der Waals surface area contributed by atoms with Gasteiger partial charge in [0, 0.05) is 4.47 Å². The molecule has 3 aromatic rings. The number of carbonyl (C=O) groups is 1. The van der Waals surface area contributed by atoms with Gasteiger partial charge in [0.05, 0.1) is 27.8 Å². The lowest BCUT2D eigenvalue weighted by atomic mass is 10.2. The van der Waals surface area contributed by atoms with Crippen LogP contribution in [0, 0.1) is 10.5 Å². The van der Waals surface area contributed by atoms with E-state index in [2.05, 4.69) is 48.6 Å². The van der Waals surface area contributed by atoms with Gasteiger partial charge < -0.3 is 15.2 Å². The topological polar surface area (TPSA) is 109 Å². The van der Waals surface area contributed by atoms with Crippen molar-refractivity contribution >= 4 is 61.5 Å². The molecule has 150 valence electrons. The zero-order chi connectivity index (χ0) is 21.1. The maximum atomic E-state index is 12.8. The van der Waals surface area contributed by atoms with Crippen LogP contribution in [0.15, 0.2) is 44.7 Å². The molecule has 0 aliphatic heterocycles. The highest BCUT2D eigenvalue weighted by Crippen LogP contribution is 2.33. The number of hydrogen-bond donors (Lipinski definition) is 1. The summed E-state index contributed by atoms with van der Waals surface area (Å²) in [7, 11) is 1.49. The first-order chi connectivity index (χ1) is 13.8. The van der Waals surface area contributed by atoms with E-state index in [0.717, 1.165) is 4.47 Å². The first-order valence-electron chi connectivity index (χ1n) is 8.32. The summed E-state index contributed by atoms with van der Waals surface area (Å²) in [4.78, 5) is 28.2. The Morgan fingerprint density at radius 3 is 2.83 bits per heavy atom. The molecule has 10 heteroatoms. The van der Waals surface area contributed by atoms with Crippen LogP contribution in [-0.4, -0.2) is 35.5 Å². The fourth-order valence-corrected chi connectivity index (χ4v) is 3.76. The predicted molar refractivity (Wildman–Crippen MR) is 122 cm³/mol. The van der Waals surface area contributed by atoms with E-state index in [9.17, 15) is 9.59 Å². The van der Waals surface area contributed by atoms with Gasteiger partial charge in [-0.05, 0) is 65.4 Å². The standard InChI is InChI=1S/C19H16BrIN4O4/c1-10-24-15-4-3-12(20)7-13(15)19(27)25(10)23-8-11-5-14(21)18(16(6-11)28-2)29-9-17(22)26/h3-8H,9H2,1-2H3,(H2,22,26). The minimum atomic E-state index is -0.584. The normalized spacial score (nSPS) is 11.2. The number of rotatable bonds is 6. The molecule has 0 bridgehead atoms. The molecule has 0 aliphatic rings. The Bertz CT molecular complexity index is 1190. The Balaban J connectivity index is 2.01. The minimum Gasteiger partial charge on any atom is -0.493 e. The van der Waals surface area contributed by atoms with Crippen LogP contribution in [0.1, 0.15) is 11.4 Å². The molecule has 2 N–H and O–H groups in total. The molecular weight excluding hydrogens is 555 g/mol. The fraction of sp³-hybridized carbons (Fsp3) is 0.158. The van der Waals surface area contributed by atoms with Crippen LogP contribution in [0.3, 0.4) is 0 Å². The summed E-state index contributed by atoms with van der Waals surface area (Å²) in [6.45, 7) is 1.46. The van der Waals surface area contributed by atoms with Crippen molar-refractivity contribution in [3.63, 3.8) is 0 Å². The smallest absolute Gasteiger partial charge is 0.282 e. The van der Waals surface area contributed by atoms with Crippen molar-refractivity contribution in [2.45, 2.75) is 6.92 Å². The first kappa shape index (κ1) is 21.2. The molecule has 1 aromatic heterocycles. The van der Waals surface area contributed by atoms with Gasteiger partial charge in [0.1, 0.15) is 5.82 Å². The molecule has 3 rings (SSSR count). The maximum absolute atomic E-state index is 12.8. The number of ether oxygens (including phenoxy) is 2. The molecule has 0 aliphatic carbocycles. The molecule has 0 saturated carbocycles. The zero-order valence-electron chi connectivity index (χ0n) is 15.5. The maximum Gasteiger partial charge on any atom is 0.282 e. The highest BCUT2D eigenvalue weighted by atomic mass is 127. The monoisotopic (exact) mass is 570 g/mol. The van der Waals surface area contributed by atoms with Crippen LogP contribution in [0.4, 0.5) is 0 Å². The van der Waals surface area contributed by atoms with Gasteiger partial charge in [0.2, 0.25) is 0 Å².